The Labute approximate surface area is 118 Å². The zero-order chi connectivity index (χ0) is 13.9. The van der Waals surface area contributed by atoms with E-state index in [9.17, 15) is 4.79 Å². The summed E-state index contributed by atoms with van der Waals surface area (Å²) in [7, 11) is 0. The lowest BCUT2D eigenvalue weighted by Crippen LogP contribution is -2.07. The zero-order valence-corrected chi connectivity index (χ0v) is 11.5. The number of nitrogens with zero attached hydrogens (tertiary/aromatic N) is 3. The molecule has 6 nitrogen and oxygen atoms in total. The van der Waals surface area contributed by atoms with Crippen molar-refractivity contribution in [3.63, 3.8) is 0 Å². The number of hydrogen-bond acceptors (Lipinski definition) is 7. The third-order valence-corrected chi connectivity index (χ3v) is 3.48. The average molecular weight is 289 g/mol. The minimum atomic E-state index is -0.380. The standard InChI is InChI=1S/C13H11N3O3S/c1-2-18-12(17)6-11-15-13(16-19-11)8-5-10-9(14-7-8)3-4-20-10/h3-5,7H,2,6H2,1H3. The van der Waals surface area contributed by atoms with Gasteiger partial charge >= 0.3 is 5.97 Å². The van der Waals surface area contributed by atoms with E-state index in [0.717, 1.165) is 15.8 Å². The van der Waals surface area contributed by atoms with Crippen molar-refractivity contribution in [2.24, 2.45) is 0 Å². The van der Waals surface area contributed by atoms with Gasteiger partial charge in [-0.25, -0.2) is 0 Å². The molecular weight excluding hydrogens is 278 g/mol. The Balaban J connectivity index is 1.83. The Kier molecular flexibility index (Phi) is 3.42. The second-order valence-electron chi connectivity index (χ2n) is 4.02. The fraction of sp³-hybridized carbons (Fsp3) is 0.231. The highest BCUT2D eigenvalue weighted by Gasteiger charge is 2.13. The predicted octanol–water partition coefficient (Wildman–Crippen LogP) is 2.45. The first-order valence-corrected chi connectivity index (χ1v) is 6.96. The summed E-state index contributed by atoms with van der Waals surface area (Å²) in [6, 6.07) is 3.90. The maximum absolute atomic E-state index is 11.3. The van der Waals surface area contributed by atoms with Gasteiger partial charge in [0.05, 0.1) is 16.8 Å². The van der Waals surface area contributed by atoms with Crippen molar-refractivity contribution in [3.8, 4) is 11.4 Å². The number of esters is 1. The second-order valence-corrected chi connectivity index (χ2v) is 4.97. The number of pyridine rings is 1. The van der Waals surface area contributed by atoms with Gasteiger partial charge in [-0.2, -0.15) is 4.98 Å². The SMILES string of the molecule is CCOC(=O)Cc1nc(-c2cnc3ccsc3c2)no1. The molecular formula is C13H11N3O3S. The molecule has 0 saturated carbocycles. The quantitative estimate of drug-likeness (QED) is 0.686. The van der Waals surface area contributed by atoms with Crippen molar-refractivity contribution in [2.75, 3.05) is 6.61 Å². The summed E-state index contributed by atoms with van der Waals surface area (Å²) in [5.41, 5.74) is 1.70. The lowest BCUT2D eigenvalue weighted by Gasteiger charge is -1.96. The summed E-state index contributed by atoms with van der Waals surface area (Å²) in [6.07, 6.45) is 1.67. The first-order chi connectivity index (χ1) is 9.76. The molecule has 102 valence electrons. The minimum Gasteiger partial charge on any atom is -0.466 e. The van der Waals surface area contributed by atoms with Crippen LogP contribution in [0.2, 0.25) is 0 Å². The summed E-state index contributed by atoms with van der Waals surface area (Å²) in [6.45, 7) is 2.08. The molecule has 0 spiro atoms. The van der Waals surface area contributed by atoms with Gasteiger partial charge in [0.2, 0.25) is 11.7 Å². The summed E-state index contributed by atoms with van der Waals surface area (Å²) in [5.74, 6) is 0.284. The second kappa shape index (κ2) is 5.38. The lowest BCUT2D eigenvalue weighted by atomic mass is 10.2. The topological polar surface area (TPSA) is 78.1 Å². The summed E-state index contributed by atoms with van der Waals surface area (Å²) in [4.78, 5) is 19.8. The molecule has 0 unspecified atom stereocenters. The van der Waals surface area contributed by atoms with Crippen LogP contribution < -0.4 is 0 Å². The molecule has 3 heterocycles. The smallest absolute Gasteiger partial charge is 0.315 e. The Morgan fingerprint density at radius 1 is 1.50 bits per heavy atom. The van der Waals surface area contributed by atoms with Crippen molar-refractivity contribution in [2.45, 2.75) is 13.3 Å². The fourth-order valence-corrected chi connectivity index (χ4v) is 2.53. The van der Waals surface area contributed by atoms with Gasteiger partial charge in [-0.05, 0) is 24.4 Å². The van der Waals surface area contributed by atoms with Gasteiger partial charge in [0.25, 0.3) is 0 Å². The van der Waals surface area contributed by atoms with Crippen LogP contribution in [0.15, 0.2) is 28.2 Å². The molecule has 3 aromatic rings. The highest BCUT2D eigenvalue weighted by atomic mass is 32.1. The lowest BCUT2D eigenvalue weighted by molar-refractivity contribution is -0.142. The molecule has 0 amide bonds. The fourth-order valence-electron chi connectivity index (χ4n) is 1.75. The van der Waals surface area contributed by atoms with E-state index in [0.29, 0.717) is 12.4 Å². The first kappa shape index (κ1) is 12.7. The van der Waals surface area contributed by atoms with Crippen LogP contribution in [0.25, 0.3) is 21.6 Å². The molecule has 0 bridgehead atoms. The van der Waals surface area contributed by atoms with E-state index in [4.69, 9.17) is 9.26 Å². The van der Waals surface area contributed by atoms with E-state index >= 15 is 0 Å². The third-order valence-electron chi connectivity index (χ3n) is 2.63. The average Bonchev–Trinajstić information content (AvgIpc) is 3.06. The first-order valence-electron chi connectivity index (χ1n) is 6.08. The normalized spacial score (nSPS) is 10.8. The van der Waals surface area contributed by atoms with Gasteiger partial charge in [0.1, 0.15) is 6.42 Å². The van der Waals surface area contributed by atoms with Crippen LogP contribution in [0.1, 0.15) is 12.8 Å². The Morgan fingerprint density at radius 2 is 2.40 bits per heavy atom. The molecule has 0 atom stereocenters. The molecule has 3 rings (SSSR count). The maximum atomic E-state index is 11.3. The van der Waals surface area contributed by atoms with Crippen LogP contribution >= 0.6 is 11.3 Å². The molecule has 0 aromatic carbocycles. The van der Waals surface area contributed by atoms with E-state index in [2.05, 4.69) is 15.1 Å². The molecule has 0 radical (unpaired) electrons. The Morgan fingerprint density at radius 3 is 3.25 bits per heavy atom. The van der Waals surface area contributed by atoms with Gasteiger partial charge < -0.3 is 9.26 Å². The molecule has 0 aliphatic carbocycles. The number of ether oxygens (including phenoxy) is 1. The summed E-state index contributed by atoms with van der Waals surface area (Å²) in [5, 5.41) is 5.84. The van der Waals surface area contributed by atoms with E-state index in [1.54, 1.807) is 24.5 Å². The van der Waals surface area contributed by atoms with Crippen LogP contribution in [-0.4, -0.2) is 27.7 Å². The van der Waals surface area contributed by atoms with Gasteiger partial charge in [-0.15, -0.1) is 11.3 Å². The molecule has 3 aromatic heterocycles. The van der Waals surface area contributed by atoms with Crippen molar-refractivity contribution in [1.29, 1.82) is 0 Å². The summed E-state index contributed by atoms with van der Waals surface area (Å²) < 4.78 is 10.9. The molecule has 0 aliphatic rings. The molecule has 0 saturated heterocycles. The molecule has 7 heteroatoms. The van der Waals surface area contributed by atoms with E-state index in [1.165, 1.54) is 0 Å². The predicted molar refractivity (Wildman–Crippen MR) is 73.2 cm³/mol. The minimum absolute atomic E-state index is 0.0183. The van der Waals surface area contributed by atoms with Gasteiger partial charge in [0.15, 0.2) is 0 Å². The van der Waals surface area contributed by atoms with Crippen molar-refractivity contribution < 1.29 is 14.1 Å². The Hall–Kier alpha value is -2.28. The highest BCUT2D eigenvalue weighted by Crippen LogP contribution is 2.24. The van der Waals surface area contributed by atoms with Gasteiger partial charge in [-0.1, -0.05) is 5.16 Å². The maximum Gasteiger partial charge on any atom is 0.315 e. The van der Waals surface area contributed by atoms with Gasteiger partial charge in [-0.3, -0.25) is 9.78 Å². The number of carbonyl (C=O) groups is 1. The van der Waals surface area contributed by atoms with Crippen molar-refractivity contribution in [3.05, 3.63) is 29.6 Å². The molecule has 20 heavy (non-hydrogen) atoms. The molecule has 0 fully saturated rings. The number of carbonyl (C=O) groups excluding carboxylic acids is 1. The highest BCUT2D eigenvalue weighted by molar-refractivity contribution is 7.17. The van der Waals surface area contributed by atoms with Crippen LogP contribution in [0, 0.1) is 0 Å². The zero-order valence-electron chi connectivity index (χ0n) is 10.7. The van der Waals surface area contributed by atoms with E-state index in [-0.39, 0.29) is 18.3 Å². The third kappa shape index (κ3) is 2.53. The number of hydrogen-bond donors (Lipinski definition) is 0. The molecule has 0 N–H and O–H groups in total. The number of fused-ring (bicyclic) bond motifs is 1. The van der Waals surface area contributed by atoms with Crippen molar-refractivity contribution >= 4 is 27.5 Å². The Bertz CT molecular complexity index is 750. The van der Waals surface area contributed by atoms with E-state index in [1.807, 2.05) is 17.5 Å². The van der Waals surface area contributed by atoms with Crippen LogP contribution in [0.5, 0.6) is 0 Å². The van der Waals surface area contributed by atoms with Crippen LogP contribution in [-0.2, 0) is 16.0 Å². The van der Waals surface area contributed by atoms with Crippen LogP contribution in [0.4, 0.5) is 0 Å². The van der Waals surface area contributed by atoms with E-state index < -0.39 is 0 Å². The van der Waals surface area contributed by atoms with Crippen molar-refractivity contribution in [1.82, 2.24) is 15.1 Å². The van der Waals surface area contributed by atoms with Crippen LogP contribution in [0.3, 0.4) is 0 Å². The number of aromatic nitrogens is 3. The number of thiophene rings is 1. The number of rotatable bonds is 4. The van der Waals surface area contributed by atoms with Gasteiger partial charge in [0, 0.05) is 11.8 Å². The molecule has 0 aliphatic heterocycles. The summed E-state index contributed by atoms with van der Waals surface area (Å²) >= 11 is 1.60. The largest absolute Gasteiger partial charge is 0.466 e. The monoisotopic (exact) mass is 289 g/mol.